The second kappa shape index (κ2) is 9.02. The van der Waals surface area contributed by atoms with Crippen molar-refractivity contribution >= 4 is 51.2 Å². The van der Waals surface area contributed by atoms with Crippen LogP contribution in [0.2, 0.25) is 5.02 Å². The molecule has 25 heavy (non-hydrogen) atoms. The minimum Gasteiger partial charge on any atom is -0.452 e. The number of ether oxygens (including phenoxy) is 1. The summed E-state index contributed by atoms with van der Waals surface area (Å²) < 4.78 is 5.76. The third-order valence-corrected chi connectivity index (χ3v) is 3.79. The number of anilines is 1. The van der Waals surface area contributed by atoms with Gasteiger partial charge in [-0.3, -0.25) is 4.79 Å². The van der Waals surface area contributed by atoms with Crippen molar-refractivity contribution in [2.24, 2.45) is 0 Å². The molecule has 0 aliphatic carbocycles. The summed E-state index contributed by atoms with van der Waals surface area (Å²) in [5.74, 6) is -1.14. The molecule has 2 aromatic rings. The Labute approximate surface area is 158 Å². The van der Waals surface area contributed by atoms with E-state index in [0.29, 0.717) is 11.3 Å². The predicted molar refractivity (Wildman–Crippen MR) is 98.9 cm³/mol. The minimum atomic E-state index is -0.631. The van der Waals surface area contributed by atoms with Crippen LogP contribution in [0.1, 0.15) is 11.1 Å². The van der Waals surface area contributed by atoms with Crippen molar-refractivity contribution in [1.82, 2.24) is 0 Å². The number of nitriles is 1. The number of benzene rings is 2. The Bertz CT molecular complexity index is 875. The van der Waals surface area contributed by atoms with Crippen molar-refractivity contribution in [3.8, 4) is 6.07 Å². The molecule has 0 spiro atoms. The van der Waals surface area contributed by atoms with Crippen LogP contribution >= 0.6 is 27.5 Å². The van der Waals surface area contributed by atoms with E-state index in [-0.39, 0.29) is 5.02 Å². The number of nitrogens with zero attached hydrogens (tertiary/aromatic N) is 1. The average Bonchev–Trinajstić information content (AvgIpc) is 2.58. The van der Waals surface area contributed by atoms with Gasteiger partial charge in [0.15, 0.2) is 6.61 Å². The molecule has 1 N–H and O–H groups in total. The van der Waals surface area contributed by atoms with E-state index in [0.717, 1.165) is 10.0 Å². The van der Waals surface area contributed by atoms with E-state index < -0.39 is 18.5 Å². The van der Waals surface area contributed by atoms with E-state index in [9.17, 15) is 9.59 Å². The van der Waals surface area contributed by atoms with Crippen LogP contribution in [-0.4, -0.2) is 18.5 Å². The van der Waals surface area contributed by atoms with Crippen LogP contribution in [0.5, 0.6) is 0 Å². The van der Waals surface area contributed by atoms with E-state index in [1.54, 1.807) is 6.08 Å². The summed E-state index contributed by atoms with van der Waals surface area (Å²) in [6.45, 7) is -0.431. The van der Waals surface area contributed by atoms with Crippen LogP contribution in [-0.2, 0) is 14.3 Å². The molecule has 0 aliphatic heterocycles. The molecule has 0 saturated carbocycles. The Kier molecular flexibility index (Phi) is 6.75. The fourth-order valence-electron chi connectivity index (χ4n) is 1.84. The van der Waals surface area contributed by atoms with Gasteiger partial charge in [0.25, 0.3) is 5.91 Å². The van der Waals surface area contributed by atoms with Crippen molar-refractivity contribution in [3.63, 3.8) is 0 Å². The van der Waals surface area contributed by atoms with E-state index in [2.05, 4.69) is 21.2 Å². The maximum Gasteiger partial charge on any atom is 0.331 e. The van der Waals surface area contributed by atoms with Gasteiger partial charge in [-0.15, -0.1) is 0 Å². The molecule has 0 aliphatic rings. The molecule has 0 heterocycles. The SMILES string of the molecule is N#Cc1ccc(NC(=O)COC(=O)/C=C/c2cccc(Br)c2)cc1Cl. The second-order valence-corrected chi connectivity index (χ2v) is 6.17. The maximum absolute atomic E-state index is 11.8. The molecular weight excluding hydrogens is 408 g/mol. The zero-order valence-electron chi connectivity index (χ0n) is 12.8. The Balaban J connectivity index is 1.84. The normalized spacial score (nSPS) is 10.3. The lowest BCUT2D eigenvalue weighted by Crippen LogP contribution is -2.20. The molecule has 126 valence electrons. The summed E-state index contributed by atoms with van der Waals surface area (Å²) in [6, 6.07) is 13.8. The molecule has 0 bridgehead atoms. The van der Waals surface area contributed by atoms with Crippen LogP contribution in [0.3, 0.4) is 0 Å². The van der Waals surface area contributed by atoms with E-state index >= 15 is 0 Å². The van der Waals surface area contributed by atoms with E-state index in [1.165, 1.54) is 24.3 Å². The number of rotatable bonds is 5. The second-order valence-electron chi connectivity index (χ2n) is 4.85. The average molecular weight is 420 g/mol. The summed E-state index contributed by atoms with van der Waals surface area (Å²) in [5, 5.41) is 11.6. The Morgan fingerprint density at radius 1 is 1.28 bits per heavy atom. The number of carbonyl (C=O) groups is 2. The number of hydrogen-bond donors (Lipinski definition) is 1. The molecule has 1 amide bonds. The van der Waals surface area contributed by atoms with Crippen LogP contribution in [0.4, 0.5) is 5.69 Å². The Morgan fingerprint density at radius 3 is 2.76 bits per heavy atom. The van der Waals surface area contributed by atoms with Gasteiger partial charge in [0.1, 0.15) is 6.07 Å². The Hall–Kier alpha value is -2.62. The number of carbonyl (C=O) groups excluding carboxylic acids is 2. The minimum absolute atomic E-state index is 0.231. The standard InChI is InChI=1S/C18H12BrClN2O3/c19-14-3-1-2-12(8-14)4-7-18(24)25-11-17(23)22-15-6-5-13(10-21)16(20)9-15/h1-9H,11H2,(H,22,23)/b7-4+. The third kappa shape index (κ3) is 6.07. The fraction of sp³-hybridized carbons (Fsp3) is 0.0556. The smallest absolute Gasteiger partial charge is 0.331 e. The first-order chi connectivity index (χ1) is 12.0. The lowest BCUT2D eigenvalue weighted by molar-refractivity contribution is -0.142. The fourth-order valence-corrected chi connectivity index (χ4v) is 2.48. The highest BCUT2D eigenvalue weighted by atomic mass is 79.9. The number of esters is 1. The molecule has 0 radical (unpaired) electrons. The number of hydrogen-bond acceptors (Lipinski definition) is 4. The first-order valence-corrected chi connectivity index (χ1v) is 8.25. The highest BCUT2D eigenvalue weighted by molar-refractivity contribution is 9.10. The van der Waals surface area contributed by atoms with Gasteiger partial charge in [-0.2, -0.15) is 5.26 Å². The van der Waals surface area contributed by atoms with E-state index in [1.807, 2.05) is 30.3 Å². The van der Waals surface area contributed by atoms with Gasteiger partial charge in [-0.1, -0.05) is 39.7 Å². The zero-order chi connectivity index (χ0) is 18.2. The molecule has 7 heteroatoms. The van der Waals surface area contributed by atoms with Gasteiger partial charge in [-0.25, -0.2) is 4.79 Å². The lowest BCUT2D eigenvalue weighted by atomic mass is 10.2. The van der Waals surface area contributed by atoms with Gasteiger partial charge in [0.2, 0.25) is 0 Å². The van der Waals surface area contributed by atoms with Crippen molar-refractivity contribution in [3.05, 3.63) is 69.2 Å². The van der Waals surface area contributed by atoms with Gasteiger partial charge in [0.05, 0.1) is 10.6 Å². The highest BCUT2D eigenvalue weighted by Gasteiger charge is 2.07. The molecule has 0 saturated heterocycles. The topological polar surface area (TPSA) is 79.2 Å². The van der Waals surface area contributed by atoms with Crippen LogP contribution in [0.25, 0.3) is 6.08 Å². The molecule has 0 aromatic heterocycles. The molecule has 2 rings (SSSR count). The Morgan fingerprint density at radius 2 is 2.08 bits per heavy atom. The molecular formula is C18H12BrClN2O3. The first kappa shape index (κ1) is 18.7. The summed E-state index contributed by atoms with van der Waals surface area (Å²) in [4.78, 5) is 23.4. The zero-order valence-corrected chi connectivity index (χ0v) is 15.2. The monoisotopic (exact) mass is 418 g/mol. The summed E-state index contributed by atoms with van der Waals surface area (Å²) in [7, 11) is 0. The highest BCUT2D eigenvalue weighted by Crippen LogP contribution is 2.20. The van der Waals surface area contributed by atoms with Gasteiger partial charge >= 0.3 is 5.97 Å². The number of amides is 1. The van der Waals surface area contributed by atoms with Gasteiger partial charge in [0, 0.05) is 16.2 Å². The maximum atomic E-state index is 11.8. The molecule has 0 atom stereocenters. The van der Waals surface area contributed by atoms with Gasteiger partial charge in [-0.05, 0) is 42.0 Å². The van der Waals surface area contributed by atoms with Crippen molar-refractivity contribution < 1.29 is 14.3 Å². The number of halogens is 2. The molecule has 0 unspecified atom stereocenters. The number of nitrogens with one attached hydrogen (secondary N) is 1. The van der Waals surface area contributed by atoms with Crippen molar-refractivity contribution in [2.75, 3.05) is 11.9 Å². The van der Waals surface area contributed by atoms with Crippen LogP contribution < -0.4 is 5.32 Å². The first-order valence-electron chi connectivity index (χ1n) is 7.08. The van der Waals surface area contributed by atoms with Crippen LogP contribution in [0, 0.1) is 11.3 Å². The molecule has 2 aromatic carbocycles. The van der Waals surface area contributed by atoms with Crippen molar-refractivity contribution in [2.45, 2.75) is 0 Å². The third-order valence-electron chi connectivity index (χ3n) is 2.98. The lowest BCUT2D eigenvalue weighted by Gasteiger charge is -2.06. The largest absolute Gasteiger partial charge is 0.452 e. The van der Waals surface area contributed by atoms with E-state index in [4.69, 9.17) is 21.6 Å². The summed E-state index contributed by atoms with van der Waals surface area (Å²) in [5.41, 5.74) is 1.54. The van der Waals surface area contributed by atoms with Crippen molar-refractivity contribution in [1.29, 1.82) is 5.26 Å². The quantitative estimate of drug-likeness (QED) is 0.583. The molecule has 0 fully saturated rings. The summed E-state index contributed by atoms with van der Waals surface area (Å²) in [6.07, 6.45) is 2.83. The molecule has 5 nitrogen and oxygen atoms in total. The van der Waals surface area contributed by atoms with Gasteiger partial charge < -0.3 is 10.1 Å². The van der Waals surface area contributed by atoms with Crippen LogP contribution in [0.15, 0.2) is 53.0 Å². The summed E-state index contributed by atoms with van der Waals surface area (Å²) >= 11 is 9.21. The predicted octanol–water partition coefficient (Wildman–Crippen LogP) is 4.17.